The molecule has 0 aliphatic carbocycles. The van der Waals surface area contributed by atoms with E-state index in [0.29, 0.717) is 5.89 Å². The number of amides is 1. The van der Waals surface area contributed by atoms with Gasteiger partial charge in [-0.05, 0) is 36.1 Å². The van der Waals surface area contributed by atoms with Gasteiger partial charge in [-0.1, -0.05) is 20.8 Å². The maximum Gasteiger partial charge on any atom is 0.247 e. The Morgan fingerprint density at radius 1 is 1.38 bits per heavy atom. The van der Waals surface area contributed by atoms with E-state index in [9.17, 15) is 4.79 Å². The first-order valence-corrected chi connectivity index (χ1v) is 6.72. The minimum Gasteiger partial charge on any atom is -0.423 e. The van der Waals surface area contributed by atoms with Gasteiger partial charge >= 0.3 is 0 Å². The molecule has 0 aliphatic rings. The summed E-state index contributed by atoms with van der Waals surface area (Å²) >= 11 is 0. The molecule has 2 aromatic rings. The Balaban J connectivity index is 2.17. The van der Waals surface area contributed by atoms with Crippen molar-refractivity contribution >= 4 is 11.6 Å². The summed E-state index contributed by atoms with van der Waals surface area (Å²) in [7, 11) is 0. The molecule has 3 N–H and O–H groups in total. The largest absolute Gasteiger partial charge is 0.423 e. The average molecular weight is 288 g/mol. The predicted octanol–water partition coefficient (Wildman–Crippen LogP) is 2.36. The van der Waals surface area contributed by atoms with Crippen LogP contribution in [0.4, 0.5) is 5.69 Å². The van der Waals surface area contributed by atoms with E-state index in [-0.39, 0.29) is 11.3 Å². The Kier molecular flexibility index (Phi) is 4.09. The second-order valence-corrected chi connectivity index (χ2v) is 6.11. The van der Waals surface area contributed by atoms with E-state index in [1.807, 2.05) is 45.9 Å². The van der Waals surface area contributed by atoms with Crippen molar-refractivity contribution in [2.45, 2.75) is 33.7 Å². The molecule has 1 atom stereocenters. The molecule has 1 aromatic carbocycles. The zero-order chi connectivity index (χ0) is 15.6. The Hall–Kier alpha value is -2.21. The number of aromatic nitrogens is 2. The van der Waals surface area contributed by atoms with Crippen LogP contribution in [0.2, 0.25) is 0 Å². The summed E-state index contributed by atoms with van der Waals surface area (Å²) in [5.74, 6) is 0.249. The summed E-state index contributed by atoms with van der Waals surface area (Å²) < 4.78 is 5.15. The van der Waals surface area contributed by atoms with Gasteiger partial charge in [0.2, 0.25) is 18.2 Å². The van der Waals surface area contributed by atoms with Gasteiger partial charge in [-0.25, -0.2) is 0 Å². The molecule has 2 rings (SSSR count). The van der Waals surface area contributed by atoms with E-state index in [2.05, 4.69) is 15.5 Å². The zero-order valence-corrected chi connectivity index (χ0v) is 12.7. The van der Waals surface area contributed by atoms with Crippen LogP contribution in [0.5, 0.6) is 0 Å². The topological polar surface area (TPSA) is 94.0 Å². The summed E-state index contributed by atoms with van der Waals surface area (Å²) in [5.41, 5.74) is 8.10. The van der Waals surface area contributed by atoms with Gasteiger partial charge in [0.15, 0.2) is 0 Å². The summed E-state index contributed by atoms with van der Waals surface area (Å²) in [4.78, 5) is 12.1. The van der Waals surface area contributed by atoms with Crippen molar-refractivity contribution < 1.29 is 9.21 Å². The molecule has 1 amide bonds. The molecule has 0 radical (unpaired) electrons. The molecule has 112 valence electrons. The first-order valence-electron chi connectivity index (χ1n) is 6.72. The lowest BCUT2D eigenvalue weighted by molar-refractivity contribution is -0.119. The molecule has 0 spiro atoms. The Morgan fingerprint density at radius 3 is 2.62 bits per heavy atom. The second kappa shape index (κ2) is 5.65. The van der Waals surface area contributed by atoms with E-state index >= 15 is 0 Å². The molecule has 1 heterocycles. The normalized spacial score (nSPS) is 13.0. The van der Waals surface area contributed by atoms with Crippen LogP contribution in [0.25, 0.3) is 11.5 Å². The molecular formula is C15H20N4O2. The van der Waals surface area contributed by atoms with Crippen molar-refractivity contribution in [1.29, 1.82) is 0 Å². The number of hydrogen-bond acceptors (Lipinski definition) is 5. The number of rotatable bonds is 3. The monoisotopic (exact) mass is 288 g/mol. The van der Waals surface area contributed by atoms with Crippen molar-refractivity contribution in [2.75, 3.05) is 5.32 Å². The minimum absolute atomic E-state index is 0.198. The van der Waals surface area contributed by atoms with E-state index < -0.39 is 6.04 Å². The highest BCUT2D eigenvalue weighted by Crippen LogP contribution is 2.24. The van der Waals surface area contributed by atoms with Gasteiger partial charge in [-0.3, -0.25) is 4.79 Å². The van der Waals surface area contributed by atoms with Gasteiger partial charge < -0.3 is 15.5 Å². The highest BCUT2D eigenvalue weighted by molar-refractivity contribution is 5.96. The van der Waals surface area contributed by atoms with Crippen molar-refractivity contribution in [1.82, 2.24) is 10.2 Å². The lowest BCUT2D eigenvalue weighted by Gasteiger charge is -2.26. The number of anilines is 1. The molecule has 6 nitrogen and oxygen atoms in total. The first-order chi connectivity index (χ1) is 9.79. The number of hydrogen-bond donors (Lipinski definition) is 2. The maximum atomic E-state index is 12.1. The minimum atomic E-state index is -0.576. The van der Waals surface area contributed by atoms with Gasteiger partial charge in [0, 0.05) is 11.3 Å². The van der Waals surface area contributed by atoms with Crippen LogP contribution < -0.4 is 11.1 Å². The number of carbonyl (C=O) groups is 1. The van der Waals surface area contributed by atoms with E-state index in [0.717, 1.165) is 16.8 Å². The van der Waals surface area contributed by atoms with Crippen LogP contribution in [-0.4, -0.2) is 22.1 Å². The quantitative estimate of drug-likeness (QED) is 0.904. The fourth-order valence-electron chi connectivity index (χ4n) is 1.84. The van der Waals surface area contributed by atoms with Crippen molar-refractivity contribution in [3.05, 3.63) is 30.2 Å². The third-order valence-electron chi connectivity index (χ3n) is 3.31. The zero-order valence-electron chi connectivity index (χ0n) is 12.7. The predicted molar refractivity (Wildman–Crippen MR) is 80.5 cm³/mol. The summed E-state index contributed by atoms with van der Waals surface area (Å²) in [6.45, 7) is 7.70. The van der Waals surface area contributed by atoms with Crippen molar-refractivity contribution in [3.63, 3.8) is 0 Å². The Labute approximate surface area is 123 Å². The number of nitrogens with zero attached hydrogens (tertiary/aromatic N) is 2. The Morgan fingerprint density at radius 2 is 2.10 bits per heavy atom. The van der Waals surface area contributed by atoms with Crippen molar-refractivity contribution in [3.8, 4) is 11.5 Å². The van der Waals surface area contributed by atoms with Crippen molar-refractivity contribution in [2.24, 2.45) is 11.1 Å². The summed E-state index contributed by atoms with van der Waals surface area (Å²) in [5, 5.41) is 10.4. The van der Waals surface area contributed by atoms with E-state index in [1.165, 1.54) is 6.39 Å². The molecule has 0 fully saturated rings. The highest BCUT2D eigenvalue weighted by atomic mass is 16.4. The van der Waals surface area contributed by atoms with Crippen LogP contribution in [-0.2, 0) is 4.79 Å². The van der Waals surface area contributed by atoms with Gasteiger partial charge in [-0.2, -0.15) is 0 Å². The van der Waals surface area contributed by atoms with Gasteiger partial charge in [0.25, 0.3) is 0 Å². The third kappa shape index (κ3) is 3.46. The molecule has 0 aliphatic heterocycles. The fraction of sp³-hybridized carbons (Fsp3) is 0.400. The SMILES string of the molecule is Cc1cc(-c2nnco2)ccc1NC(=O)C(N)C(C)(C)C. The lowest BCUT2D eigenvalue weighted by atomic mass is 9.87. The second-order valence-electron chi connectivity index (χ2n) is 6.11. The summed E-state index contributed by atoms with van der Waals surface area (Å²) in [6.07, 6.45) is 1.28. The van der Waals surface area contributed by atoms with E-state index in [1.54, 1.807) is 0 Å². The lowest BCUT2D eigenvalue weighted by Crippen LogP contribution is -2.45. The van der Waals surface area contributed by atoms with Crippen LogP contribution in [0.1, 0.15) is 26.3 Å². The van der Waals surface area contributed by atoms with Crippen LogP contribution in [0.3, 0.4) is 0 Å². The molecule has 1 unspecified atom stereocenters. The number of benzene rings is 1. The van der Waals surface area contributed by atoms with Gasteiger partial charge in [0.05, 0.1) is 6.04 Å². The highest BCUT2D eigenvalue weighted by Gasteiger charge is 2.27. The molecule has 0 bridgehead atoms. The third-order valence-corrected chi connectivity index (χ3v) is 3.31. The number of nitrogens with one attached hydrogen (secondary N) is 1. The van der Waals surface area contributed by atoms with Crippen LogP contribution >= 0.6 is 0 Å². The average Bonchev–Trinajstić information content (AvgIpc) is 2.93. The van der Waals surface area contributed by atoms with Crippen LogP contribution in [0, 0.1) is 12.3 Å². The molecule has 6 heteroatoms. The number of aryl methyl sites for hydroxylation is 1. The molecule has 21 heavy (non-hydrogen) atoms. The molecule has 0 saturated carbocycles. The van der Waals surface area contributed by atoms with Gasteiger partial charge in [-0.15, -0.1) is 10.2 Å². The molecule has 0 saturated heterocycles. The molecular weight excluding hydrogens is 268 g/mol. The smallest absolute Gasteiger partial charge is 0.247 e. The molecule has 1 aromatic heterocycles. The number of carbonyl (C=O) groups excluding carboxylic acids is 1. The van der Waals surface area contributed by atoms with Crippen LogP contribution in [0.15, 0.2) is 29.0 Å². The number of nitrogens with two attached hydrogens (primary N) is 1. The Bertz CT molecular complexity index is 630. The summed E-state index contributed by atoms with van der Waals surface area (Å²) in [6, 6.07) is 4.93. The van der Waals surface area contributed by atoms with E-state index in [4.69, 9.17) is 10.2 Å². The standard InChI is InChI=1S/C15H20N4O2/c1-9-7-10(14-19-17-8-21-14)5-6-11(9)18-13(20)12(16)15(2,3)4/h5-8,12H,16H2,1-4H3,(H,18,20). The maximum absolute atomic E-state index is 12.1. The first kappa shape index (κ1) is 15.2. The fourth-order valence-corrected chi connectivity index (χ4v) is 1.84. The van der Waals surface area contributed by atoms with Gasteiger partial charge in [0.1, 0.15) is 0 Å².